The molecule has 2 saturated heterocycles. The number of imide groups is 2. The topological polar surface area (TPSA) is 142 Å². The Balaban J connectivity index is 1.52. The predicted molar refractivity (Wildman–Crippen MR) is 122 cm³/mol. The van der Waals surface area contributed by atoms with Crippen LogP contribution < -0.4 is 16.4 Å². The number of hydrogen-bond acceptors (Lipinski definition) is 7. The van der Waals surface area contributed by atoms with Gasteiger partial charge in [-0.05, 0) is 36.8 Å². The molecule has 3 heterocycles. The highest BCUT2D eigenvalue weighted by atomic mass is 16.2. The molecule has 34 heavy (non-hydrogen) atoms. The van der Waals surface area contributed by atoms with E-state index in [4.69, 9.17) is 5.73 Å². The summed E-state index contributed by atoms with van der Waals surface area (Å²) in [5.74, 6) is -2.18. The van der Waals surface area contributed by atoms with Crippen LogP contribution >= 0.6 is 0 Å². The Kier molecular flexibility index (Phi) is 6.81. The van der Waals surface area contributed by atoms with Crippen LogP contribution in [0.2, 0.25) is 0 Å². The van der Waals surface area contributed by atoms with E-state index in [0.717, 1.165) is 17.7 Å². The van der Waals surface area contributed by atoms with E-state index in [1.54, 1.807) is 23.1 Å². The van der Waals surface area contributed by atoms with Gasteiger partial charge in [0.05, 0.1) is 17.2 Å². The van der Waals surface area contributed by atoms with Gasteiger partial charge in [-0.2, -0.15) is 0 Å². The van der Waals surface area contributed by atoms with E-state index in [2.05, 4.69) is 10.6 Å². The second kappa shape index (κ2) is 9.63. The first-order valence-corrected chi connectivity index (χ1v) is 11.8. The first-order chi connectivity index (χ1) is 16.2. The van der Waals surface area contributed by atoms with Crippen molar-refractivity contribution in [3.63, 3.8) is 0 Å². The molecule has 2 unspecified atom stereocenters. The number of nitrogens with zero attached hydrogens (tertiary/aromatic N) is 2. The second-order valence-electron chi connectivity index (χ2n) is 9.58. The number of piperidine rings is 2. The number of hydrogen-bond donors (Lipinski definition) is 3. The Labute approximate surface area is 198 Å². The van der Waals surface area contributed by atoms with Crippen LogP contribution in [-0.2, 0) is 20.9 Å². The number of carbonyl (C=O) groups is 5. The first-order valence-electron chi connectivity index (χ1n) is 11.8. The summed E-state index contributed by atoms with van der Waals surface area (Å²) in [5, 5.41) is 5.48. The fourth-order valence-electron chi connectivity index (χ4n) is 4.97. The van der Waals surface area contributed by atoms with Crippen LogP contribution in [0, 0.1) is 5.92 Å². The molecule has 0 aliphatic carbocycles. The third-order valence-electron chi connectivity index (χ3n) is 6.77. The number of nitrogens with two attached hydrogens (primary N) is 1. The summed E-state index contributed by atoms with van der Waals surface area (Å²) >= 11 is 0. The van der Waals surface area contributed by atoms with E-state index >= 15 is 0 Å². The van der Waals surface area contributed by atoms with Crippen molar-refractivity contribution in [2.24, 2.45) is 11.7 Å². The van der Waals surface area contributed by atoms with Crippen molar-refractivity contribution in [3.8, 4) is 0 Å². The predicted octanol–water partition coefficient (Wildman–Crippen LogP) is 0.152. The van der Waals surface area contributed by atoms with Crippen LogP contribution in [0.1, 0.15) is 65.8 Å². The highest BCUT2D eigenvalue weighted by Crippen LogP contribution is 2.30. The quantitative estimate of drug-likeness (QED) is 0.504. The van der Waals surface area contributed by atoms with Gasteiger partial charge in [0.2, 0.25) is 17.7 Å². The molecule has 4 N–H and O–H groups in total. The van der Waals surface area contributed by atoms with Crippen LogP contribution in [0.15, 0.2) is 18.2 Å². The molecular formula is C24H31N5O5. The molecule has 1 aromatic rings. The second-order valence-corrected chi connectivity index (χ2v) is 9.58. The number of rotatable bonds is 6. The van der Waals surface area contributed by atoms with Gasteiger partial charge in [-0.1, -0.05) is 26.0 Å². The summed E-state index contributed by atoms with van der Waals surface area (Å²) in [7, 11) is 0. The number of benzene rings is 1. The molecule has 5 amide bonds. The van der Waals surface area contributed by atoms with E-state index in [1.807, 2.05) is 13.8 Å². The van der Waals surface area contributed by atoms with Gasteiger partial charge in [0.15, 0.2) is 0 Å². The lowest BCUT2D eigenvalue weighted by Gasteiger charge is -2.35. The smallest absolute Gasteiger partial charge is 0.262 e. The Hall–Kier alpha value is -3.11. The van der Waals surface area contributed by atoms with E-state index in [1.165, 1.54) is 0 Å². The summed E-state index contributed by atoms with van der Waals surface area (Å²) in [5.41, 5.74) is 7.09. The Bertz CT molecular complexity index is 1040. The number of likely N-dealkylation sites (tertiary alicyclic amines) is 1. The van der Waals surface area contributed by atoms with Crippen molar-refractivity contribution in [2.45, 2.75) is 64.2 Å². The molecule has 3 aliphatic rings. The Morgan fingerprint density at radius 3 is 2.62 bits per heavy atom. The van der Waals surface area contributed by atoms with Crippen LogP contribution in [-0.4, -0.2) is 70.6 Å². The zero-order valence-corrected chi connectivity index (χ0v) is 19.5. The van der Waals surface area contributed by atoms with Crippen molar-refractivity contribution >= 4 is 29.5 Å². The molecule has 3 aliphatic heterocycles. The zero-order valence-electron chi connectivity index (χ0n) is 19.5. The van der Waals surface area contributed by atoms with Gasteiger partial charge in [0.25, 0.3) is 11.8 Å². The van der Waals surface area contributed by atoms with Crippen LogP contribution in [0.3, 0.4) is 0 Å². The molecule has 3 atom stereocenters. The first kappa shape index (κ1) is 24.0. The monoisotopic (exact) mass is 469 g/mol. The van der Waals surface area contributed by atoms with Crippen molar-refractivity contribution in [2.75, 3.05) is 13.1 Å². The molecule has 1 aromatic carbocycles. The van der Waals surface area contributed by atoms with Gasteiger partial charge in [-0.15, -0.1) is 0 Å². The van der Waals surface area contributed by atoms with Gasteiger partial charge in [0.1, 0.15) is 6.04 Å². The Morgan fingerprint density at radius 2 is 1.94 bits per heavy atom. The number of nitrogens with one attached hydrogen (secondary N) is 2. The summed E-state index contributed by atoms with van der Waals surface area (Å²) < 4.78 is 0. The number of carbonyl (C=O) groups excluding carboxylic acids is 5. The van der Waals surface area contributed by atoms with Crippen molar-refractivity contribution in [1.29, 1.82) is 0 Å². The summed E-state index contributed by atoms with van der Waals surface area (Å²) in [6, 6.07) is 3.48. The summed E-state index contributed by atoms with van der Waals surface area (Å²) in [4.78, 5) is 66.0. The number of amides is 5. The third kappa shape index (κ3) is 4.47. The lowest BCUT2D eigenvalue weighted by atomic mass is 9.98. The fourth-order valence-corrected chi connectivity index (χ4v) is 4.97. The van der Waals surface area contributed by atoms with Gasteiger partial charge in [-0.3, -0.25) is 34.2 Å². The molecule has 0 aromatic heterocycles. The highest BCUT2D eigenvalue weighted by molar-refractivity contribution is 6.24. The van der Waals surface area contributed by atoms with Gasteiger partial charge in [-0.25, -0.2) is 0 Å². The molecule has 0 bridgehead atoms. The average molecular weight is 470 g/mol. The van der Waals surface area contributed by atoms with E-state index in [-0.39, 0.29) is 48.4 Å². The minimum atomic E-state index is -1.01. The summed E-state index contributed by atoms with van der Waals surface area (Å²) in [6.07, 6.45) is 1.94. The van der Waals surface area contributed by atoms with Crippen LogP contribution in [0.4, 0.5) is 0 Å². The van der Waals surface area contributed by atoms with Crippen molar-refractivity contribution in [3.05, 3.63) is 34.9 Å². The highest BCUT2D eigenvalue weighted by Gasteiger charge is 2.45. The molecule has 0 saturated carbocycles. The minimum absolute atomic E-state index is 0.000264. The van der Waals surface area contributed by atoms with Crippen LogP contribution in [0.25, 0.3) is 0 Å². The third-order valence-corrected chi connectivity index (χ3v) is 6.77. The molecule has 10 nitrogen and oxygen atoms in total. The van der Waals surface area contributed by atoms with E-state index < -0.39 is 35.7 Å². The molecule has 182 valence electrons. The van der Waals surface area contributed by atoms with E-state index in [9.17, 15) is 24.0 Å². The molecule has 0 radical (unpaired) electrons. The maximum Gasteiger partial charge on any atom is 0.262 e. The fraction of sp³-hybridized carbons (Fsp3) is 0.542. The van der Waals surface area contributed by atoms with Gasteiger partial charge >= 0.3 is 0 Å². The Morgan fingerprint density at radius 1 is 1.18 bits per heavy atom. The number of fused-ring (bicyclic) bond motifs is 1. The van der Waals surface area contributed by atoms with E-state index in [0.29, 0.717) is 18.7 Å². The lowest BCUT2D eigenvalue weighted by molar-refractivity contribution is -0.137. The average Bonchev–Trinajstić information content (AvgIpc) is 3.04. The minimum Gasteiger partial charge on any atom is -0.340 e. The van der Waals surface area contributed by atoms with Gasteiger partial charge in [0, 0.05) is 32.1 Å². The van der Waals surface area contributed by atoms with Crippen molar-refractivity contribution in [1.82, 2.24) is 20.4 Å². The standard InChI is InChI=1S/C24H31N5O5/c1-13(2)20(24(34)28-10-4-6-15(25)12-28)26-11-14-5-3-7-16-19(14)23(33)29(22(16)32)17-8-9-18(30)27-21(17)31/h3,5,7,13,15,17,20,26H,4,6,8-12,25H2,1-2H3,(H,27,30,31)/t15?,17?,20-/m0/s1. The molecular weight excluding hydrogens is 438 g/mol. The zero-order chi connectivity index (χ0) is 24.6. The SMILES string of the molecule is CC(C)[C@H](NCc1cccc2c1C(=O)N(C1CCC(=O)NC1=O)C2=O)C(=O)N1CCCC(N)C1. The molecule has 2 fully saturated rings. The van der Waals surface area contributed by atoms with Crippen molar-refractivity contribution < 1.29 is 24.0 Å². The summed E-state index contributed by atoms with van der Waals surface area (Å²) in [6.45, 7) is 5.31. The van der Waals surface area contributed by atoms with Gasteiger partial charge < -0.3 is 16.0 Å². The maximum atomic E-state index is 13.3. The normalized spacial score (nSPS) is 23.9. The molecule has 10 heteroatoms. The maximum absolute atomic E-state index is 13.3. The molecule has 0 spiro atoms. The lowest BCUT2D eigenvalue weighted by Crippen LogP contribution is -2.54. The van der Waals surface area contributed by atoms with Crippen LogP contribution in [0.5, 0.6) is 0 Å². The molecule has 4 rings (SSSR count). The largest absolute Gasteiger partial charge is 0.340 e.